The van der Waals surface area contributed by atoms with Gasteiger partial charge in [-0.1, -0.05) is 6.07 Å². The topological polar surface area (TPSA) is 104 Å². The lowest BCUT2D eigenvalue weighted by Gasteiger charge is -2.11. The average molecular weight is 286 g/mol. The Morgan fingerprint density at radius 1 is 1.14 bits per heavy atom. The molecule has 0 saturated heterocycles. The molecule has 21 heavy (non-hydrogen) atoms. The maximum absolute atomic E-state index is 12.0. The van der Waals surface area contributed by atoms with Crippen LogP contribution in [-0.4, -0.2) is 29.1 Å². The third-order valence-electron chi connectivity index (χ3n) is 2.97. The number of rotatable bonds is 3. The standard InChI is InChI=1S/C14H14N4O3/c1-8-9(13(20)15-2)4-3-5-10(8)16-14(21)11-6-7-12(19)18-17-11/h3-7H,1-2H3,(H,15,20)(H,16,21)(H,18,19). The fourth-order valence-corrected chi connectivity index (χ4v) is 1.81. The molecular formula is C14H14N4O3. The maximum Gasteiger partial charge on any atom is 0.276 e. The molecule has 0 unspecified atom stereocenters. The first-order valence-corrected chi connectivity index (χ1v) is 6.21. The van der Waals surface area contributed by atoms with E-state index in [0.29, 0.717) is 16.8 Å². The number of amides is 2. The largest absolute Gasteiger partial charge is 0.355 e. The van der Waals surface area contributed by atoms with Crippen LogP contribution in [0.4, 0.5) is 5.69 Å². The molecule has 2 amide bonds. The number of carbonyl (C=O) groups is 2. The lowest BCUT2D eigenvalue weighted by Crippen LogP contribution is -2.21. The van der Waals surface area contributed by atoms with Crippen LogP contribution in [0.1, 0.15) is 26.4 Å². The number of benzene rings is 1. The van der Waals surface area contributed by atoms with E-state index in [1.807, 2.05) is 0 Å². The van der Waals surface area contributed by atoms with Crippen LogP contribution in [0.15, 0.2) is 35.1 Å². The maximum atomic E-state index is 12.0. The van der Waals surface area contributed by atoms with E-state index in [-0.39, 0.29) is 17.2 Å². The van der Waals surface area contributed by atoms with E-state index < -0.39 is 5.91 Å². The number of carbonyl (C=O) groups excluding carboxylic acids is 2. The van der Waals surface area contributed by atoms with Crippen molar-refractivity contribution >= 4 is 17.5 Å². The molecule has 0 saturated carbocycles. The first-order chi connectivity index (χ1) is 10.0. The second-order valence-corrected chi connectivity index (χ2v) is 4.32. The molecule has 0 radical (unpaired) electrons. The van der Waals surface area contributed by atoms with Crippen LogP contribution in [0, 0.1) is 6.92 Å². The molecule has 0 aliphatic rings. The Bertz CT molecular complexity index is 732. The Kier molecular flexibility index (Phi) is 4.13. The molecule has 1 heterocycles. The van der Waals surface area contributed by atoms with Crippen molar-refractivity contribution < 1.29 is 9.59 Å². The van der Waals surface area contributed by atoms with Crippen molar-refractivity contribution in [1.82, 2.24) is 15.5 Å². The molecule has 0 spiro atoms. The highest BCUT2D eigenvalue weighted by molar-refractivity contribution is 6.04. The van der Waals surface area contributed by atoms with Crippen molar-refractivity contribution in [2.24, 2.45) is 0 Å². The first-order valence-electron chi connectivity index (χ1n) is 6.21. The summed E-state index contributed by atoms with van der Waals surface area (Å²) in [6.45, 7) is 1.74. The van der Waals surface area contributed by atoms with Crippen LogP contribution in [0.25, 0.3) is 0 Å². The molecular weight excluding hydrogens is 272 g/mol. The smallest absolute Gasteiger partial charge is 0.276 e. The van der Waals surface area contributed by atoms with Crippen LogP contribution >= 0.6 is 0 Å². The van der Waals surface area contributed by atoms with Gasteiger partial charge in [-0.25, -0.2) is 5.10 Å². The lowest BCUT2D eigenvalue weighted by molar-refractivity contribution is 0.0960. The average Bonchev–Trinajstić information content (AvgIpc) is 2.49. The number of anilines is 1. The van der Waals surface area contributed by atoms with Gasteiger partial charge < -0.3 is 10.6 Å². The Labute approximate surface area is 120 Å². The van der Waals surface area contributed by atoms with E-state index in [4.69, 9.17) is 0 Å². The van der Waals surface area contributed by atoms with Crippen LogP contribution in [0.5, 0.6) is 0 Å². The molecule has 0 aliphatic carbocycles. The summed E-state index contributed by atoms with van der Waals surface area (Å²) < 4.78 is 0. The normalized spacial score (nSPS) is 10.0. The fraction of sp³-hybridized carbons (Fsp3) is 0.143. The zero-order chi connectivity index (χ0) is 15.4. The molecule has 1 aromatic heterocycles. The van der Waals surface area contributed by atoms with Gasteiger partial charge >= 0.3 is 0 Å². The second kappa shape index (κ2) is 6.00. The SMILES string of the molecule is CNC(=O)c1cccc(NC(=O)c2ccc(=O)[nH]n2)c1C. The van der Waals surface area contributed by atoms with Gasteiger partial charge in [-0.15, -0.1) is 0 Å². The first kappa shape index (κ1) is 14.4. The van der Waals surface area contributed by atoms with Gasteiger partial charge in [0.25, 0.3) is 17.4 Å². The molecule has 7 nitrogen and oxygen atoms in total. The second-order valence-electron chi connectivity index (χ2n) is 4.32. The van der Waals surface area contributed by atoms with Crippen molar-refractivity contribution in [1.29, 1.82) is 0 Å². The number of aromatic amines is 1. The molecule has 2 rings (SSSR count). The highest BCUT2D eigenvalue weighted by atomic mass is 16.2. The van der Waals surface area contributed by atoms with Gasteiger partial charge in [0.1, 0.15) is 5.69 Å². The van der Waals surface area contributed by atoms with Gasteiger partial charge in [0.15, 0.2) is 0 Å². The van der Waals surface area contributed by atoms with E-state index in [1.165, 1.54) is 19.2 Å². The number of nitrogens with zero attached hydrogens (tertiary/aromatic N) is 1. The minimum Gasteiger partial charge on any atom is -0.355 e. The van der Waals surface area contributed by atoms with Crippen LogP contribution in [0.2, 0.25) is 0 Å². The van der Waals surface area contributed by atoms with Gasteiger partial charge in [-0.3, -0.25) is 14.4 Å². The minimum absolute atomic E-state index is 0.0827. The molecule has 0 fully saturated rings. The summed E-state index contributed by atoms with van der Waals surface area (Å²) >= 11 is 0. The van der Waals surface area contributed by atoms with Gasteiger partial charge in [0, 0.05) is 24.4 Å². The summed E-state index contributed by atoms with van der Waals surface area (Å²) in [5, 5.41) is 11.0. The minimum atomic E-state index is -0.469. The number of nitrogens with one attached hydrogen (secondary N) is 3. The van der Waals surface area contributed by atoms with Gasteiger partial charge in [0.05, 0.1) is 0 Å². The molecule has 108 valence electrons. The number of hydrogen-bond acceptors (Lipinski definition) is 4. The van der Waals surface area contributed by atoms with Crippen LogP contribution in [-0.2, 0) is 0 Å². The lowest BCUT2D eigenvalue weighted by atomic mass is 10.1. The van der Waals surface area contributed by atoms with Crippen molar-refractivity contribution in [3.05, 3.63) is 57.5 Å². The summed E-state index contributed by atoms with van der Waals surface area (Å²) in [6, 6.07) is 7.57. The summed E-state index contributed by atoms with van der Waals surface area (Å²) in [5.41, 5.74) is 1.33. The van der Waals surface area contributed by atoms with E-state index in [1.54, 1.807) is 25.1 Å². The van der Waals surface area contributed by atoms with E-state index in [2.05, 4.69) is 20.8 Å². The summed E-state index contributed by atoms with van der Waals surface area (Å²) in [7, 11) is 1.54. The van der Waals surface area contributed by atoms with Crippen molar-refractivity contribution in [3.8, 4) is 0 Å². The van der Waals surface area contributed by atoms with E-state index in [9.17, 15) is 14.4 Å². The molecule has 1 aromatic carbocycles. The summed E-state index contributed by atoms with van der Waals surface area (Å²) in [5.74, 6) is -0.700. The van der Waals surface area contributed by atoms with E-state index >= 15 is 0 Å². The van der Waals surface area contributed by atoms with E-state index in [0.717, 1.165) is 0 Å². The van der Waals surface area contributed by atoms with Crippen LogP contribution < -0.4 is 16.2 Å². The van der Waals surface area contributed by atoms with Crippen molar-refractivity contribution in [3.63, 3.8) is 0 Å². The Morgan fingerprint density at radius 3 is 2.52 bits per heavy atom. The third kappa shape index (κ3) is 3.14. The summed E-state index contributed by atoms with van der Waals surface area (Å²) in [4.78, 5) is 34.7. The zero-order valence-electron chi connectivity index (χ0n) is 11.6. The van der Waals surface area contributed by atoms with Gasteiger partial charge in [0.2, 0.25) is 0 Å². The molecule has 7 heteroatoms. The highest BCUT2D eigenvalue weighted by Gasteiger charge is 2.13. The predicted molar refractivity (Wildman–Crippen MR) is 77.4 cm³/mol. The Balaban J connectivity index is 2.27. The van der Waals surface area contributed by atoms with Gasteiger partial charge in [-0.05, 0) is 30.7 Å². The quantitative estimate of drug-likeness (QED) is 0.772. The molecule has 0 bridgehead atoms. The molecule has 3 N–H and O–H groups in total. The molecule has 0 aliphatic heterocycles. The number of hydrogen-bond donors (Lipinski definition) is 3. The third-order valence-corrected chi connectivity index (χ3v) is 2.97. The molecule has 0 atom stereocenters. The van der Waals surface area contributed by atoms with Gasteiger partial charge in [-0.2, -0.15) is 5.10 Å². The Hall–Kier alpha value is -2.96. The van der Waals surface area contributed by atoms with Crippen molar-refractivity contribution in [2.75, 3.05) is 12.4 Å². The highest BCUT2D eigenvalue weighted by Crippen LogP contribution is 2.19. The summed E-state index contributed by atoms with van der Waals surface area (Å²) in [6.07, 6.45) is 0. The Morgan fingerprint density at radius 2 is 1.90 bits per heavy atom. The zero-order valence-corrected chi connectivity index (χ0v) is 11.6. The monoisotopic (exact) mass is 286 g/mol. The number of aromatic nitrogens is 2. The molecule has 2 aromatic rings. The van der Waals surface area contributed by atoms with Crippen LogP contribution in [0.3, 0.4) is 0 Å². The predicted octanol–water partition coefficient (Wildman–Crippen LogP) is 0.690. The number of H-pyrrole nitrogens is 1. The van der Waals surface area contributed by atoms with Crippen molar-refractivity contribution in [2.45, 2.75) is 6.92 Å². The fourth-order valence-electron chi connectivity index (χ4n) is 1.81.